The van der Waals surface area contributed by atoms with Crippen LogP contribution in [0.5, 0.6) is 0 Å². The Morgan fingerprint density at radius 1 is 1.54 bits per heavy atom. The maximum absolute atomic E-state index is 10.8. The van der Waals surface area contributed by atoms with Gasteiger partial charge in [-0.2, -0.15) is 0 Å². The first-order valence-electron chi connectivity index (χ1n) is 3.18. The zero-order valence-corrected chi connectivity index (χ0v) is 8.93. The molecule has 3 N–H and O–H groups in total. The fourth-order valence-corrected chi connectivity index (χ4v) is 0.809. The number of ether oxygens (including phenoxy) is 1. The third-order valence-electron chi connectivity index (χ3n) is 1.46. The summed E-state index contributed by atoms with van der Waals surface area (Å²) < 4.78 is 4.25. The Kier molecular flexibility index (Phi) is 4.90. The minimum Gasteiger partial charge on any atom is -0.526 e. The molecule has 0 aliphatic carbocycles. The molecule has 2 atom stereocenters. The molecule has 7 heteroatoms. The Bertz CT molecular complexity index is 217. The van der Waals surface area contributed by atoms with Gasteiger partial charge < -0.3 is 24.9 Å². The van der Waals surface area contributed by atoms with Gasteiger partial charge in [0, 0.05) is 0 Å². The summed E-state index contributed by atoms with van der Waals surface area (Å²) in [7, 11) is 0. The van der Waals surface area contributed by atoms with Gasteiger partial charge in [-0.3, -0.25) is 4.79 Å². The Morgan fingerprint density at radius 3 is 2.38 bits per heavy atom. The number of hydrogen-bond acceptors (Lipinski definition) is 6. The summed E-state index contributed by atoms with van der Waals surface area (Å²) in [6.07, 6.45) is -3.99. The molecule has 0 bridgehead atoms. The van der Waals surface area contributed by atoms with Crippen molar-refractivity contribution in [2.75, 3.05) is 6.61 Å². The number of cyclic esters (lactones) is 1. The summed E-state index contributed by atoms with van der Waals surface area (Å²) in [5, 5.41) is 26.0. The molecule has 6 nitrogen and oxygen atoms in total. The molecule has 0 aromatic carbocycles. The molecule has 0 amide bonds. The van der Waals surface area contributed by atoms with Gasteiger partial charge in [-0.05, 0) is 0 Å². The van der Waals surface area contributed by atoms with E-state index in [2.05, 4.69) is 4.74 Å². The number of rotatable bonds is 2. The van der Waals surface area contributed by atoms with Crippen LogP contribution in [0.4, 0.5) is 0 Å². The van der Waals surface area contributed by atoms with Crippen molar-refractivity contribution in [3.05, 3.63) is 6.10 Å². The molecule has 1 aliphatic rings. The molecule has 0 unspecified atom stereocenters. The van der Waals surface area contributed by atoms with Gasteiger partial charge in [0.1, 0.15) is 6.10 Å². The van der Waals surface area contributed by atoms with E-state index in [0.29, 0.717) is 0 Å². The van der Waals surface area contributed by atoms with E-state index in [1.54, 1.807) is 0 Å². The van der Waals surface area contributed by atoms with Crippen LogP contribution in [0, 0.1) is 6.10 Å². The first-order valence-corrected chi connectivity index (χ1v) is 3.18. The zero-order chi connectivity index (χ0) is 9.30. The topological polar surface area (TPSA) is 104 Å². The van der Waals surface area contributed by atoms with Crippen molar-refractivity contribution >= 4 is 11.8 Å². The van der Waals surface area contributed by atoms with E-state index in [4.69, 9.17) is 15.3 Å². The van der Waals surface area contributed by atoms with E-state index in [1.807, 2.05) is 0 Å². The second kappa shape index (κ2) is 4.94. The maximum Gasteiger partial charge on any atom is 1.00 e. The van der Waals surface area contributed by atoms with E-state index in [9.17, 15) is 9.59 Å². The molecule has 0 radical (unpaired) electrons. The summed E-state index contributed by atoms with van der Waals surface area (Å²) in [5.41, 5.74) is 0. The number of carbonyl (C=O) groups is 2. The molecule has 1 rings (SSSR count). The van der Waals surface area contributed by atoms with Crippen LogP contribution in [0.1, 0.15) is 0 Å². The summed E-state index contributed by atoms with van der Waals surface area (Å²) in [5.74, 6) is -2.17. The molecular weight excluding hydrogens is 191 g/mol. The van der Waals surface area contributed by atoms with Crippen LogP contribution in [0.2, 0.25) is 0 Å². The van der Waals surface area contributed by atoms with E-state index in [-0.39, 0.29) is 29.6 Å². The van der Waals surface area contributed by atoms with Crippen LogP contribution in [0.3, 0.4) is 0 Å². The number of carbonyl (C=O) groups excluding carboxylic acids is 2. The SMILES string of the molecule is O=C1O[C@H]([C@@H](O)CO)C(=O)[C-]1O.[Na+]. The number of hydrogen-bond donors (Lipinski definition) is 3. The Hall–Kier alpha value is -0.110. The predicted octanol–water partition coefficient (Wildman–Crippen LogP) is -5.26. The molecule has 0 spiro atoms. The molecule has 1 heterocycles. The van der Waals surface area contributed by atoms with Crippen molar-refractivity contribution in [3.8, 4) is 0 Å². The number of Topliss-reactive ketones (excluding diaryl/α,β-unsaturated/α-hetero) is 1. The second-order valence-corrected chi connectivity index (χ2v) is 2.29. The van der Waals surface area contributed by atoms with Gasteiger partial charge in [-0.25, -0.2) is 0 Å². The fraction of sp³-hybridized carbons (Fsp3) is 0.500. The van der Waals surface area contributed by atoms with Crippen LogP contribution >= 0.6 is 0 Å². The van der Waals surface area contributed by atoms with Crippen LogP contribution < -0.4 is 29.6 Å². The second-order valence-electron chi connectivity index (χ2n) is 2.29. The van der Waals surface area contributed by atoms with Crippen LogP contribution in [-0.2, 0) is 14.3 Å². The largest absolute Gasteiger partial charge is 1.00 e. The molecule has 1 aliphatic heterocycles. The average Bonchev–Trinajstić information content (AvgIpc) is 2.32. The number of esters is 1. The number of ketones is 1. The predicted molar refractivity (Wildman–Crippen MR) is 33.2 cm³/mol. The zero-order valence-electron chi connectivity index (χ0n) is 6.93. The minimum atomic E-state index is -1.48. The minimum absolute atomic E-state index is 0. The smallest absolute Gasteiger partial charge is 0.526 e. The van der Waals surface area contributed by atoms with Gasteiger partial charge in [-0.1, -0.05) is 6.10 Å². The molecule has 1 fully saturated rings. The standard InChI is InChI=1S/C6H7O6.Na/c7-1-2(8)5-3(9)4(10)6(11)12-5;/h2,5,7-8,10H,1H2;/q-1;+1/t2-,5+;/m0./s1. The Balaban J connectivity index is 0.00000144. The fourth-order valence-electron chi connectivity index (χ4n) is 0.809. The number of aliphatic hydroxyl groups is 3. The summed E-state index contributed by atoms with van der Waals surface area (Å²) in [6.45, 7) is -0.711. The van der Waals surface area contributed by atoms with Crippen molar-refractivity contribution in [3.63, 3.8) is 0 Å². The van der Waals surface area contributed by atoms with Crippen molar-refractivity contribution in [2.45, 2.75) is 12.2 Å². The summed E-state index contributed by atoms with van der Waals surface area (Å²) in [6, 6.07) is 0. The van der Waals surface area contributed by atoms with Crippen molar-refractivity contribution in [1.29, 1.82) is 0 Å². The first kappa shape index (κ1) is 12.9. The van der Waals surface area contributed by atoms with Gasteiger partial charge in [0.15, 0.2) is 6.10 Å². The molecule has 0 aromatic rings. The number of aliphatic hydroxyl groups excluding tert-OH is 3. The average molecular weight is 198 g/mol. The monoisotopic (exact) mass is 198 g/mol. The molecule has 0 aromatic heterocycles. The van der Waals surface area contributed by atoms with Crippen molar-refractivity contribution in [1.82, 2.24) is 0 Å². The van der Waals surface area contributed by atoms with Gasteiger partial charge >= 0.3 is 29.6 Å². The molecular formula is C6H7NaO6. The molecule has 0 saturated carbocycles. The van der Waals surface area contributed by atoms with Gasteiger partial charge in [-0.15, -0.1) is 0 Å². The van der Waals surface area contributed by atoms with Gasteiger partial charge in [0.2, 0.25) is 5.97 Å². The van der Waals surface area contributed by atoms with E-state index < -0.39 is 36.7 Å². The maximum atomic E-state index is 10.8. The van der Waals surface area contributed by atoms with Crippen LogP contribution in [0.15, 0.2) is 0 Å². The van der Waals surface area contributed by atoms with Crippen LogP contribution in [-0.4, -0.2) is 45.9 Å². The molecule has 13 heavy (non-hydrogen) atoms. The summed E-state index contributed by atoms with van der Waals surface area (Å²) in [4.78, 5) is 21.3. The quantitative estimate of drug-likeness (QED) is 0.232. The molecule has 68 valence electrons. The summed E-state index contributed by atoms with van der Waals surface area (Å²) >= 11 is 0. The van der Waals surface area contributed by atoms with E-state index >= 15 is 0 Å². The Labute approximate surface area is 95.8 Å². The van der Waals surface area contributed by atoms with E-state index in [0.717, 1.165) is 0 Å². The van der Waals surface area contributed by atoms with Crippen molar-refractivity contribution in [2.24, 2.45) is 0 Å². The van der Waals surface area contributed by atoms with Gasteiger partial charge in [0.25, 0.3) is 0 Å². The van der Waals surface area contributed by atoms with Crippen LogP contribution in [0.25, 0.3) is 0 Å². The third-order valence-corrected chi connectivity index (χ3v) is 1.46. The van der Waals surface area contributed by atoms with Gasteiger partial charge in [0.05, 0.1) is 12.4 Å². The Morgan fingerprint density at radius 2 is 2.08 bits per heavy atom. The molecule has 1 saturated heterocycles. The first-order chi connectivity index (χ1) is 5.57. The van der Waals surface area contributed by atoms with Crippen molar-refractivity contribution < 1.29 is 59.2 Å². The third kappa shape index (κ3) is 2.43. The van der Waals surface area contributed by atoms with E-state index in [1.165, 1.54) is 0 Å². The normalized spacial score (nSPS) is 23.9.